The molecule has 2 aromatic rings. The molecule has 0 saturated heterocycles. The number of rotatable bonds is 2. The topological polar surface area (TPSA) is 171 Å². The van der Waals surface area contributed by atoms with Crippen LogP contribution in [0.15, 0.2) is 47.4 Å². The molecule has 1 fully saturated rings. The van der Waals surface area contributed by atoms with Crippen molar-refractivity contribution >= 4 is 23.2 Å². The maximum absolute atomic E-state index is 13.5. The van der Waals surface area contributed by atoms with Gasteiger partial charge in [-0.3, -0.25) is 14.4 Å². The largest absolute Gasteiger partial charge is 0.508 e. The van der Waals surface area contributed by atoms with Crippen LogP contribution in [0.2, 0.25) is 0 Å². The van der Waals surface area contributed by atoms with Crippen molar-refractivity contribution < 1.29 is 39.2 Å². The van der Waals surface area contributed by atoms with Crippen molar-refractivity contribution in [3.8, 4) is 16.9 Å². The summed E-state index contributed by atoms with van der Waals surface area (Å²) in [4.78, 5) is 41.2. The number of hydrogen-bond acceptors (Lipinski definition) is 8. The minimum Gasteiger partial charge on any atom is -0.508 e. The summed E-state index contributed by atoms with van der Waals surface area (Å²) in [6.07, 6.45) is 1.09. The van der Waals surface area contributed by atoms with E-state index in [1.807, 2.05) is 0 Å². The summed E-state index contributed by atoms with van der Waals surface area (Å²) >= 11 is 0. The Morgan fingerprint density at radius 2 is 1.85 bits per heavy atom. The Hall–Kier alpha value is -4.05. The Kier molecular flexibility index (Phi) is 4.63. The average molecular weight is 466 g/mol. The molecule has 1 aromatic heterocycles. The molecule has 1 amide bonds. The number of aromatic nitrogens is 1. The van der Waals surface area contributed by atoms with Gasteiger partial charge < -0.3 is 26.2 Å². The van der Waals surface area contributed by atoms with E-state index in [1.54, 1.807) is 6.07 Å². The molecule has 0 radical (unpaired) electrons. The second-order valence-electron chi connectivity index (χ2n) is 8.76. The fraction of sp³-hybridized carbons (Fsp3) is 0.250. The molecule has 0 spiro atoms. The van der Waals surface area contributed by atoms with E-state index in [0.29, 0.717) is 16.7 Å². The van der Waals surface area contributed by atoms with Gasteiger partial charge in [-0.25, -0.2) is 4.98 Å². The highest BCUT2D eigenvalue weighted by Gasteiger charge is 2.60. The third-order valence-corrected chi connectivity index (χ3v) is 6.99. The summed E-state index contributed by atoms with van der Waals surface area (Å²) in [6, 6.07) is 5.55. The minimum absolute atomic E-state index is 0.0275. The first-order chi connectivity index (χ1) is 16.1. The number of primary amides is 1. The van der Waals surface area contributed by atoms with Gasteiger partial charge in [-0.1, -0.05) is 6.07 Å². The quantitative estimate of drug-likeness (QED) is 0.328. The number of nitrogens with zero attached hydrogens (tertiary/aromatic N) is 1. The lowest BCUT2D eigenvalue weighted by Crippen LogP contribution is -2.58. The molecule has 1 aromatic carbocycles. The monoisotopic (exact) mass is 466 g/mol. The van der Waals surface area contributed by atoms with Crippen LogP contribution in [0, 0.1) is 17.8 Å². The molecule has 3 atom stereocenters. The van der Waals surface area contributed by atoms with E-state index in [4.69, 9.17) is 5.73 Å². The maximum atomic E-state index is 13.5. The Balaban J connectivity index is 1.70. The van der Waals surface area contributed by atoms with Gasteiger partial charge in [0.1, 0.15) is 22.8 Å². The van der Waals surface area contributed by atoms with E-state index in [2.05, 4.69) is 4.98 Å². The van der Waals surface area contributed by atoms with Crippen molar-refractivity contribution in [2.75, 3.05) is 0 Å². The van der Waals surface area contributed by atoms with Gasteiger partial charge in [-0.15, -0.1) is 0 Å². The van der Waals surface area contributed by atoms with Crippen molar-refractivity contribution in [3.05, 3.63) is 64.4 Å². The van der Waals surface area contributed by atoms with Crippen LogP contribution in [0.5, 0.6) is 5.75 Å². The number of carbonyl (C=O) groups excluding carboxylic acids is 3. The van der Waals surface area contributed by atoms with Gasteiger partial charge >= 0.3 is 0 Å². The van der Waals surface area contributed by atoms with Gasteiger partial charge in [0.15, 0.2) is 11.4 Å². The Bertz CT molecular complexity index is 1360. The number of fused-ring (bicyclic) bond motifs is 3. The standard InChI is InChI=1S/C24H19FN2O7/c25-16-4-1-9(8-27-16)12-2-3-14(28)18-13(12)6-10-5-11-7-15(29)19(23(26)33)22(32)24(11,34)21(31)17(10)20(18)30/h1-4,8,10-11,28,30,32,34H,5-7H2,(H2,26,33). The number of ketones is 2. The summed E-state index contributed by atoms with van der Waals surface area (Å²) in [7, 11) is 0. The number of aliphatic hydroxyl groups is 3. The van der Waals surface area contributed by atoms with Crippen LogP contribution >= 0.6 is 0 Å². The normalized spacial score (nSPS) is 26.2. The van der Waals surface area contributed by atoms with Crippen molar-refractivity contribution in [3.63, 3.8) is 0 Å². The maximum Gasteiger partial charge on any atom is 0.255 e. The molecule has 9 nitrogen and oxygen atoms in total. The van der Waals surface area contributed by atoms with Crippen molar-refractivity contribution in [2.45, 2.75) is 24.9 Å². The second kappa shape index (κ2) is 7.22. The average Bonchev–Trinajstić information content (AvgIpc) is 2.77. The van der Waals surface area contributed by atoms with E-state index in [-0.39, 0.29) is 29.7 Å². The number of phenols is 1. The van der Waals surface area contributed by atoms with Crippen LogP contribution in [0.25, 0.3) is 16.9 Å². The lowest BCUT2D eigenvalue weighted by atomic mass is 9.59. The smallest absolute Gasteiger partial charge is 0.255 e. The third-order valence-electron chi connectivity index (χ3n) is 6.99. The molecule has 174 valence electrons. The molecule has 3 aliphatic carbocycles. The number of amides is 1. The van der Waals surface area contributed by atoms with Crippen molar-refractivity contribution in [1.82, 2.24) is 4.98 Å². The van der Waals surface area contributed by atoms with Gasteiger partial charge in [0.2, 0.25) is 11.7 Å². The number of nitrogens with two attached hydrogens (primary N) is 1. The molecule has 3 unspecified atom stereocenters. The van der Waals surface area contributed by atoms with E-state index >= 15 is 0 Å². The van der Waals surface area contributed by atoms with Gasteiger partial charge in [0.05, 0.1) is 5.56 Å². The molecule has 5 rings (SSSR count). The van der Waals surface area contributed by atoms with E-state index in [9.17, 15) is 39.2 Å². The number of pyridine rings is 1. The number of halogens is 1. The lowest BCUT2D eigenvalue weighted by Gasteiger charge is -2.46. The SMILES string of the molecule is NC(=O)C1=C(O)C2(O)C(=O)C3=C(O)c4c(O)ccc(-c5ccc(F)nc5)c4CC3CC2CC1=O. The molecule has 10 heteroatoms. The first-order valence-electron chi connectivity index (χ1n) is 10.5. The van der Waals surface area contributed by atoms with Gasteiger partial charge in [0, 0.05) is 29.7 Å². The van der Waals surface area contributed by atoms with Gasteiger partial charge in [-0.2, -0.15) is 4.39 Å². The van der Waals surface area contributed by atoms with Crippen LogP contribution in [0.4, 0.5) is 4.39 Å². The first kappa shape index (κ1) is 21.8. The number of benzene rings is 1. The van der Waals surface area contributed by atoms with Crippen LogP contribution in [0.1, 0.15) is 24.0 Å². The fourth-order valence-corrected chi connectivity index (χ4v) is 5.43. The molecular formula is C24H19FN2O7. The molecular weight excluding hydrogens is 447 g/mol. The zero-order valence-electron chi connectivity index (χ0n) is 17.6. The van der Waals surface area contributed by atoms with Gasteiger partial charge in [0.25, 0.3) is 5.91 Å². The minimum atomic E-state index is -2.61. The number of aliphatic hydroxyl groups excluding tert-OH is 2. The van der Waals surface area contributed by atoms with Crippen molar-refractivity contribution in [1.29, 1.82) is 0 Å². The summed E-state index contributed by atoms with van der Waals surface area (Å²) < 4.78 is 13.3. The zero-order valence-corrected chi connectivity index (χ0v) is 17.6. The molecule has 34 heavy (non-hydrogen) atoms. The first-order valence-corrected chi connectivity index (χ1v) is 10.5. The Morgan fingerprint density at radius 3 is 2.50 bits per heavy atom. The molecule has 1 saturated carbocycles. The van der Waals surface area contributed by atoms with Gasteiger partial charge in [-0.05, 0) is 48.1 Å². The number of aromatic hydroxyl groups is 1. The third kappa shape index (κ3) is 2.81. The summed E-state index contributed by atoms with van der Waals surface area (Å²) in [5.74, 6) is -7.52. The molecule has 3 aliphatic rings. The highest BCUT2D eigenvalue weighted by molar-refractivity contribution is 6.22. The highest BCUT2D eigenvalue weighted by Crippen LogP contribution is 2.52. The van der Waals surface area contributed by atoms with E-state index in [0.717, 1.165) is 0 Å². The molecule has 0 aliphatic heterocycles. The number of phenolic OH excluding ortho intramolecular Hbond substituents is 1. The molecule has 6 N–H and O–H groups in total. The Labute approximate surface area is 191 Å². The predicted molar refractivity (Wildman–Crippen MR) is 115 cm³/mol. The fourth-order valence-electron chi connectivity index (χ4n) is 5.43. The highest BCUT2D eigenvalue weighted by atomic mass is 19.1. The lowest BCUT2D eigenvalue weighted by molar-refractivity contribution is -0.147. The van der Waals surface area contributed by atoms with Crippen molar-refractivity contribution in [2.24, 2.45) is 17.6 Å². The van der Waals surface area contributed by atoms with E-state index < -0.39 is 64.4 Å². The predicted octanol–water partition coefficient (Wildman–Crippen LogP) is 1.62. The number of hydrogen-bond donors (Lipinski definition) is 5. The Morgan fingerprint density at radius 1 is 1.12 bits per heavy atom. The van der Waals surface area contributed by atoms with Crippen LogP contribution < -0.4 is 5.73 Å². The summed E-state index contributed by atoms with van der Waals surface area (Å²) in [5.41, 5.74) is 3.03. The summed E-state index contributed by atoms with van der Waals surface area (Å²) in [6.45, 7) is 0. The molecule has 1 heterocycles. The summed E-state index contributed by atoms with van der Waals surface area (Å²) in [5, 5.41) is 43.4. The van der Waals surface area contributed by atoms with Crippen LogP contribution in [0.3, 0.4) is 0 Å². The van der Waals surface area contributed by atoms with E-state index in [1.165, 1.54) is 24.4 Å². The molecule has 0 bridgehead atoms. The second-order valence-corrected chi connectivity index (χ2v) is 8.76. The number of Topliss-reactive ketones (excluding diaryl/α,β-unsaturated/α-hetero) is 2. The van der Waals surface area contributed by atoms with Crippen LogP contribution in [-0.4, -0.2) is 48.5 Å². The van der Waals surface area contributed by atoms with Crippen LogP contribution in [-0.2, 0) is 20.8 Å². The zero-order chi connectivity index (χ0) is 24.5. The number of carbonyl (C=O) groups is 3.